The summed E-state index contributed by atoms with van der Waals surface area (Å²) in [4.78, 5) is 8.57. The molecule has 1 unspecified atom stereocenters. The van der Waals surface area contributed by atoms with Crippen LogP contribution in [0, 0.1) is 0 Å². The van der Waals surface area contributed by atoms with Gasteiger partial charge in [-0.2, -0.15) is 0 Å². The minimum atomic E-state index is -0.100. The van der Waals surface area contributed by atoms with Crippen LogP contribution in [-0.2, 0) is 17.9 Å². The number of guanidine groups is 1. The number of hydrogen-bond donors (Lipinski definition) is 2. The number of ether oxygens (including phenoxy) is 2. The highest BCUT2D eigenvalue weighted by Crippen LogP contribution is 2.23. The first kappa shape index (κ1) is 19.2. The van der Waals surface area contributed by atoms with Crippen molar-refractivity contribution in [3.63, 3.8) is 0 Å². The zero-order valence-corrected chi connectivity index (χ0v) is 16.1. The summed E-state index contributed by atoms with van der Waals surface area (Å²) in [6.07, 6.45) is 3.97. The highest BCUT2D eigenvalue weighted by atomic mass is 16.5. The SMILES string of the molecule is CN=C(NCc1cccc(OCc2ccccn2)c1)NCC1(C)CCCO1. The molecule has 0 spiro atoms. The molecule has 2 N–H and O–H groups in total. The number of hydrogen-bond acceptors (Lipinski definition) is 4. The molecule has 2 heterocycles. The third kappa shape index (κ3) is 5.96. The molecule has 0 aliphatic carbocycles. The lowest BCUT2D eigenvalue weighted by molar-refractivity contribution is 0.0243. The highest BCUT2D eigenvalue weighted by Gasteiger charge is 2.29. The van der Waals surface area contributed by atoms with Gasteiger partial charge in [-0.1, -0.05) is 18.2 Å². The average Bonchev–Trinajstić information content (AvgIpc) is 3.14. The van der Waals surface area contributed by atoms with Crippen molar-refractivity contribution in [3.05, 3.63) is 59.9 Å². The minimum absolute atomic E-state index is 0.100. The Kier molecular flexibility index (Phi) is 6.65. The first-order valence-electron chi connectivity index (χ1n) is 9.37. The van der Waals surface area contributed by atoms with Gasteiger partial charge in [0.2, 0.25) is 0 Å². The van der Waals surface area contributed by atoms with Gasteiger partial charge in [0, 0.05) is 32.9 Å². The first-order valence-corrected chi connectivity index (χ1v) is 9.37. The summed E-state index contributed by atoms with van der Waals surface area (Å²) in [5, 5.41) is 6.70. The molecule has 0 radical (unpaired) electrons. The molecule has 1 saturated heterocycles. The highest BCUT2D eigenvalue weighted by molar-refractivity contribution is 5.79. The van der Waals surface area contributed by atoms with Crippen LogP contribution in [0.25, 0.3) is 0 Å². The van der Waals surface area contributed by atoms with Gasteiger partial charge in [0.15, 0.2) is 5.96 Å². The average molecular weight is 368 g/mol. The Morgan fingerprint density at radius 1 is 1.26 bits per heavy atom. The lowest BCUT2D eigenvalue weighted by atomic mass is 10.0. The van der Waals surface area contributed by atoms with Crippen LogP contribution in [0.2, 0.25) is 0 Å². The molecule has 6 heteroatoms. The molecule has 0 saturated carbocycles. The van der Waals surface area contributed by atoms with Crippen molar-refractivity contribution in [1.82, 2.24) is 15.6 Å². The van der Waals surface area contributed by atoms with Gasteiger partial charge in [-0.05, 0) is 49.6 Å². The third-order valence-corrected chi connectivity index (χ3v) is 4.63. The molecule has 0 amide bonds. The number of benzene rings is 1. The Morgan fingerprint density at radius 3 is 2.93 bits per heavy atom. The summed E-state index contributed by atoms with van der Waals surface area (Å²) >= 11 is 0. The summed E-state index contributed by atoms with van der Waals surface area (Å²) in [6.45, 7) is 4.86. The molecule has 3 rings (SSSR count). The zero-order chi connectivity index (χ0) is 19.0. The van der Waals surface area contributed by atoms with Crippen LogP contribution in [0.3, 0.4) is 0 Å². The van der Waals surface area contributed by atoms with E-state index in [9.17, 15) is 0 Å². The molecular weight excluding hydrogens is 340 g/mol. The predicted octanol–water partition coefficient (Wildman–Crippen LogP) is 2.89. The smallest absolute Gasteiger partial charge is 0.191 e. The molecule has 0 bridgehead atoms. The van der Waals surface area contributed by atoms with Crippen molar-refractivity contribution in [2.45, 2.75) is 38.5 Å². The van der Waals surface area contributed by atoms with E-state index in [0.29, 0.717) is 13.2 Å². The maximum absolute atomic E-state index is 5.84. The summed E-state index contributed by atoms with van der Waals surface area (Å²) in [7, 11) is 1.78. The third-order valence-electron chi connectivity index (χ3n) is 4.63. The Balaban J connectivity index is 1.48. The second-order valence-electron chi connectivity index (χ2n) is 6.94. The van der Waals surface area contributed by atoms with Crippen LogP contribution in [-0.4, -0.2) is 36.7 Å². The largest absolute Gasteiger partial charge is 0.487 e. The summed E-state index contributed by atoms with van der Waals surface area (Å²) in [6, 6.07) is 13.9. The van der Waals surface area contributed by atoms with E-state index in [-0.39, 0.29) is 5.60 Å². The molecule has 2 aromatic rings. The van der Waals surface area contributed by atoms with E-state index >= 15 is 0 Å². The van der Waals surface area contributed by atoms with Gasteiger partial charge < -0.3 is 20.1 Å². The number of aromatic nitrogens is 1. The Labute approximate surface area is 161 Å². The predicted molar refractivity (Wildman–Crippen MR) is 107 cm³/mol. The van der Waals surface area contributed by atoms with Gasteiger partial charge in [-0.15, -0.1) is 0 Å². The lowest BCUT2D eigenvalue weighted by Gasteiger charge is -2.24. The van der Waals surface area contributed by atoms with E-state index in [1.807, 2.05) is 36.4 Å². The molecule has 144 valence electrons. The summed E-state index contributed by atoms with van der Waals surface area (Å²) in [5.41, 5.74) is 1.93. The molecular formula is C21H28N4O2. The van der Waals surface area contributed by atoms with E-state index in [2.05, 4.69) is 33.6 Å². The van der Waals surface area contributed by atoms with Crippen molar-refractivity contribution < 1.29 is 9.47 Å². The van der Waals surface area contributed by atoms with Gasteiger partial charge in [-0.3, -0.25) is 9.98 Å². The summed E-state index contributed by atoms with van der Waals surface area (Å²) in [5.74, 6) is 1.60. The molecule has 1 fully saturated rings. The van der Waals surface area contributed by atoms with E-state index < -0.39 is 0 Å². The molecule has 1 aromatic carbocycles. The fraction of sp³-hybridized carbons (Fsp3) is 0.429. The van der Waals surface area contributed by atoms with Gasteiger partial charge in [-0.25, -0.2) is 0 Å². The van der Waals surface area contributed by atoms with Crippen LogP contribution in [0.1, 0.15) is 31.0 Å². The number of aliphatic imine (C=N–C) groups is 1. The number of pyridine rings is 1. The van der Waals surface area contributed by atoms with Crippen LogP contribution in [0.15, 0.2) is 53.7 Å². The van der Waals surface area contributed by atoms with E-state index in [1.165, 1.54) is 0 Å². The van der Waals surface area contributed by atoms with Crippen molar-refractivity contribution in [1.29, 1.82) is 0 Å². The molecule has 1 aromatic heterocycles. The fourth-order valence-electron chi connectivity index (χ4n) is 3.04. The van der Waals surface area contributed by atoms with Crippen LogP contribution < -0.4 is 15.4 Å². The van der Waals surface area contributed by atoms with Crippen LogP contribution >= 0.6 is 0 Å². The minimum Gasteiger partial charge on any atom is -0.487 e. The second kappa shape index (κ2) is 9.37. The molecule has 1 aliphatic rings. The number of nitrogens with zero attached hydrogens (tertiary/aromatic N) is 2. The molecule has 1 atom stereocenters. The van der Waals surface area contributed by atoms with Crippen LogP contribution in [0.4, 0.5) is 0 Å². The van der Waals surface area contributed by atoms with Crippen molar-refractivity contribution in [2.75, 3.05) is 20.2 Å². The first-order chi connectivity index (χ1) is 13.2. The monoisotopic (exact) mass is 368 g/mol. The van der Waals surface area contributed by atoms with Crippen LogP contribution in [0.5, 0.6) is 5.75 Å². The maximum Gasteiger partial charge on any atom is 0.191 e. The Hall–Kier alpha value is -2.60. The topological polar surface area (TPSA) is 67.8 Å². The lowest BCUT2D eigenvalue weighted by Crippen LogP contribution is -2.45. The van der Waals surface area contributed by atoms with E-state index in [1.54, 1.807) is 13.2 Å². The van der Waals surface area contributed by atoms with E-state index in [4.69, 9.17) is 9.47 Å². The molecule has 1 aliphatic heterocycles. The summed E-state index contributed by atoms with van der Waals surface area (Å²) < 4.78 is 11.7. The van der Waals surface area contributed by atoms with Crippen molar-refractivity contribution in [2.24, 2.45) is 4.99 Å². The number of rotatable bonds is 7. The zero-order valence-electron chi connectivity index (χ0n) is 16.1. The molecule has 6 nitrogen and oxygen atoms in total. The Bertz CT molecular complexity index is 743. The van der Waals surface area contributed by atoms with Crippen molar-refractivity contribution >= 4 is 5.96 Å². The standard InChI is InChI=1S/C21H28N4O2/c1-21(10-6-12-27-21)16-25-20(22-2)24-14-17-7-5-9-19(13-17)26-15-18-8-3-4-11-23-18/h3-5,7-9,11,13H,6,10,12,14-16H2,1-2H3,(H2,22,24,25). The van der Waals surface area contributed by atoms with Crippen molar-refractivity contribution in [3.8, 4) is 5.75 Å². The normalized spacial score (nSPS) is 19.7. The van der Waals surface area contributed by atoms with Gasteiger partial charge in [0.1, 0.15) is 12.4 Å². The maximum atomic E-state index is 5.84. The van der Waals surface area contributed by atoms with Gasteiger partial charge in [0.05, 0.1) is 11.3 Å². The Morgan fingerprint density at radius 2 is 2.19 bits per heavy atom. The molecule has 27 heavy (non-hydrogen) atoms. The quantitative estimate of drug-likeness (QED) is 0.581. The van der Waals surface area contributed by atoms with Gasteiger partial charge >= 0.3 is 0 Å². The number of nitrogens with one attached hydrogen (secondary N) is 2. The fourth-order valence-corrected chi connectivity index (χ4v) is 3.04. The van der Waals surface area contributed by atoms with Gasteiger partial charge in [0.25, 0.3) is 0 Å². The second-order valence-corrected chi connectivity index (χ2v) is 6.94. The van der Waals surface area contributed by atoms with E-state index in [0.717, 1.165) is 49.0 Å².